The van der Waals surface area contributed by atoms with Crippen LogP contribution in [0.4, 0.5) is 17.1 Å². The Labute approximate surface area is 359 Å². The van der Waals surface area contributed by atoms with Crippen LogP contribution in [0.2, 0.25) is 0 Å². The van der Waals surface area contributed by atoms with Gasteiger partial charge in [0.1, 0.15) is 0 Å². The number of anilines is 3. The van der Waals surface area contributed by atoms with Crippen molar-refractivity contribution in [2.45, 2.75) is 0 Å². The van der Waals surface area contributed by atoms with Crippen molar-refractivity contribution in [3.05, 3.63) is 255 Å². The van der Waals surface area contributed by atoms with Crippen LogP contribution in [0.3, 0.4) is 0 Å². The second kappa shape index (κ2) is 15.7. The maximum absolute atomic E-state index is 3.46. The molecular formula is C58H42GeN2. The molecule has 2 nitrogen and oxygen atoms in total. The van der Waals surface area contributed by atoms with Crippen LogP contribution in [0.25, 0.3) is 49.4 Å². The van der Waals surface area contributed by atoms with E-state index in [1.54, 1.807) is 0 Å². The van der Waals surface area contributed by atoms with Gasteiger partial charge in [0.2, 0.25) is 0 Å². The van der Waals surface area contributed by atoms with E-state index < -0.39 is 13.3 Å². The van der Waals surface area contributed by atoms with Gasteiger partial charge in [-0.1, -0.05) is 42.5 Å². The van der Waals surface area contributed by atoms with Crippen LogP contribution < -0.4 is 22.5 Å². The van der Waals surface area contributed by atoms with Crippen molar-refractivity contribution in [1.82, 2.24) is 4.57 Å². The molecule has 1 aromatic heterocycles. The Morgan fingerprint density at radius 2 is 0.787 bits per heavy atom. The predicted octanol–water partition coefficient (Wildman–Crippen LogP) is 12.5. The van der Waals surface area contributed by atoms with Crippen LogP contribution in [-0.4, -0.2) is 17.8 Å². The minimum atomic E-state index is -3.46. The first kappa shape index (κ1) is 36.7. The maximum atomic E-state index is 2.45. The van der Waals surface area contributed by atoms with Gasteiger partial charge in [-0.2, -0.15) is 0 Å². The zero-order chi connectivity index (χ0) is 40.6. The molecular weight excluding hydrogens is 797 g/mol. The third kappa shape index (κ3) is 6.35. The molecule has 11 rings (SSSR count). The smallest absolute Gasteiger partial charge is 0.0617 e. The molecule has 288 valence electrons. The SMILES string of the molecule is c1ccc(-c2ccc(-n3c4ccccc4c4cc(N(c5cc[c]([Ge]([c]6ccccc6)([c]6ccccc6)[c]6ccccc6)cc5)c5cccc6ccccc56)ccc43)cc2)cc1. The molecule has 0 unspecified atom stereocenters. The Hall–Kier alpha value is -7.40. The van der Waals surface area contributed by atoms with Gasteiger partial charge in [0.25, 0.3) is 0 Å². The summed E-state index contributed by atoms with van der Waals surface area (Å²) in [4.78, 5) is 2.45. The van der Waals surface area contributed by atoms with Crippen molar-refractivity contribution in [2.75, 3.05) is 4.90 Å². The van der Waals surface area contributed by atoms with E-state index in [2.05, 4.69) is 264 Å². The summed E-state index contributed by atoms with van der Waals surface area (Å²) < 4.78 is 8.03. The summed E-state index contributed by atoms with van der Waals surface area (Å²) in [5, 5.41) is 4.86. The molecule has 0 bridgehead atoms. The summed E-state index contributed by atoms with van der Waals surface area (Å²) in [5.41, 5.74) is 9.31. The number of fused-ring (bicyclic) bond motifs is 4. The van der Waals surface area contributed by atoms with E-state index in [0.717, 1.165) is 22.7 Å². The fourth-order valence-electron chi connectivity index (χ4n) is 9.57. The normalized spacial score (nSPS) is 11.6. The van der Waals surface area contributed by atoms with Crippen LogP contribution in [0.15, 0.2) is 255 Å². The van der Waals surface area contributed by atoms with Gasteiger partial charge in [0.15, 0.2) is 0 Å². The zero-order valence-electron chi connectivity index (χ0n) is 33.6. The van der Waals surface area contributed by atoms with Crippen LogP contribution in [0.5, 0.6) is 0 Å². The second-order valence-corrected chi connectivity index (χ2v) is 23.7. The molecule has 1 heterocycles. The number of hydrogen-bond acceptors (Lipinski definition) is 1. The molecule has 0 saturated heterocycles. The molecule has 3 heteroatoms. The standard InChI is InChI=1S/C58H42GeN2/c1-5-18-43(19-6-1)44-32-36-51(37-33-44)61-57-30-16-15-29-54(57)55-42-52(40-41-58(55)61)60(56-31-17-21-45-20-13-14-28-53(45)56)50-38-34-49(35-39-50)59(46-22-7-2-8-23-46,47-24-9-3-10-25-47)48-26-11-4-12-27-48/h1-42H. The Morgan fingerprint density at radius 1 is 0.311 bits per heavy atom. The minimum absolute atomic E-state index is 1.11. The molecule has 0 fully saturated rings. The van der Waals surface area contributed by atoms with Crippen LogP contribution in [0, 0.1) is 0 Å². The average molecular weight is 840 g/mol. The topological polar surface area (TPSA) is 8.17 Å². The quantitative estimate of drug-likeness (QED) is 0.131. The first-order valence-electron chi connectivity index (χ1n) is 21.0. The molecule has 10 aromatic carbocycles. The van der Waals surface area contributed by atoms with Crippen molar-refractivity contribution in [2.24, 2.45) is 0 Å². The fourth-order valence-corrected chi connectivity index (χ4v) is 19.5. The first-order chi connectivity index (χ1) is 30.3. The molecule has 0 radical (unpaired) electrons. The van der Waals surface area contributed by atoms with E-state index in [4.69, 9.17) is 0 Å². The van der Waals surface area contributed by atoms with Crippen LogP contribution in [0.1, 0.15) is 0 Å². The van der Waals surface area contributed by atoms with Crippen molar-refractivity contribution in [3.8, 4) is 16.8 Å². The molecule has 0 aliphatic carbocycles. The summed E-state index contributed by atoms with van der Waals surface area (Å²) in [6.07, 6.45) is 0. The van der Waals surface area contributed by atoms with Gasteiger partial charge in [-0.25, -0.2) is 0 Å². The monoisotopic (exact) mass is 840 g/mol. The van der Waals surface area contributed by atoms with Gasteiger partial charge in [0, 0.05) is 0 Å². The van der Waals surface area contributed by atoms with Crippen molar-refractivity contribution >= 4 is 80.5 Å². The van der Waals surface area contributed by atoms with Crippen LogP contribution in [-0.2, 0) is 0 Å². The van der Waals surface area contributed by atoms with Gasteiger partial charge >= 0.3 is 308 Å². The second-order valence-electron chi connectivity index (χ2n) is 15.7. The third-order valence-corrected chi connectivity index (χ3v) is 22.4. The van der Waals surface area contributed by atoms with E-state index in [-0.39, 0.29) is 0 Å². The Bertz CT molecular complexity index is 3170. The Morgan fingerprint density at radius 3 is 1.43 bits per heavy atom. The number of aromatic nitrogens is 1. The van der Waals surface area contributed by atoms with Gasteiger partial charge < -0.3 is 0 Å². The number of benzene rings is 10. The molecule has 0 amide bonds. The third-order valence-electron chi connectivity index (χ3n) is 12.3. The molecule has 0 aliphatic rings. The Balaban J connectivity index is 1.10. The Kier molecular flexibility index (Phi) is 9.41. The zero-order valence-corrected chi connectivity index (χ0v) is 35.7. The summed E-state index contributed by atoms with van der Waals surface area (Å²) >= 11 is -3.46. The van der Waals surface area contributed by atoms with Crippen LogP contribution >= 0.6 is 0 Å². The minimum Gasteiger partial charge on any atom is -0.0617 e. The molecule has 0 N–H and O–H groups in total. The summed E-state index contributed by atoms with van der Waals surface area (Å²) in [7, 11) is 0. The van der Waals surface area contributed by atoms with Gasteiger partial charge in [-0.05, 0) is 11.1 Å². The summed E-state index contributed by atoms with van der Waals surface area (Å²) in [6, 6.07) is 94.0. The molecule has 0 atom stereocenters. The van der Waals surface area contributed by atoms with E-state index in [9.17, 15) is 0 Å². The molecule has 61 heavy (non-hydrogen) atoms. The van der Waals surface area contributed by atoms with Gasteiger partial charge in [0.05, 0.1) is 0 Å². The summed E-state index contributed by atoms with van der Waals surface area (Å²) in [5.74, 6) is 0. The van der Waals surface area contributed by atoms with E-state index in [1.165, 1.54) is 61.3 Å². The fraction of sp³-hybridized carbons (Fsp3) is 0. The van der Waals surface area contributed by atoms with Gasteiger partial charge in [-0.15, -0.1) is 0 Å². The molecule has 0 saturated carbocycles. The molecule has 0 aliphatic heterocycles. The van der Waals surface area contributed by atoms with E-state index in [1.807, 2.05) is 0 Å². The molecule has 11 aromatic rings. The predicted molar refractivity (Wildman–Crippen MR) is 262 cm³/mol. The number of para-hydroxylation sites is 1. The van der Waals surface area contributed by atoms with Gasteiger partial charge in [-0.3, -0.25) is 0 Å². The number of hydrogen-bond donors (Lipinski definition) is 0. The van der Waals surface area contributed by atoms with Crippen molar-refractivity contribution < 1.29 is 0 Å². The summed E-state index contributed by atoms with van der Waals surface area (Å²) in [6.45, 7) is 0. The van der Waals surface area contributed by atoms with E-state index >= 15 is 0 Å². The first-order valence-corrected chi connectivity index (χ1v) is 25.2. The average Bonchev–Trinajstić information content (AvgIpc) is 3.67. The molecule has 0 spiro atoms. The van der Waals surface area contributed by atoms with Crippen molar-refractivity contribution in [3.63, 3.8) is 0 Å². The number of rotatable bonds is 9. The van der Waals surface area contributed by atoms with Crippen molar-refractivity contribution in [1.29, 1.82) is 0 Å². The number of nitrogens with zero attached hydrogens (tertiary/aromatic N) is 2. The van der Waals surface area contributed by atoms with E-state index in [0.29, 0.717) is 0 Å².